The second kappa shape index (κ2) is 4.75. The van der Waals surface area contributed by atoms with Gasteiger partial charge in [0.05, 0.1) is 19.0 Å². The number of fused-ring (bicyclic) bond motifs is 1. The van der Waals surface area contributed by atoms with Gasteiger partial charge >= 0.3 is 0 Å². The Hall–Kier alpha value is -1.93. The molecule has 0 amide bonds. The number of rotatable bonds is 4. The third-order valence-electron chi connectivity index (χ3n) is 2.84. The molecule has 0 aliphatic heterocycles. The molecule has 0 fully saturated rings. The summed E-state index contributed by atoms with van der Waals surface area (Å²) in [5.74, 6) is -0.350. The van der Waals surface area contributed by atoms with E-state index in [1.54, 1.807) is 11.5 Å². The van der Waals surface area contributed by atoms with Crippen molar-refractivity contribution in [2.45, 2.75) is 19.6 Å². The zero-order valence-electron chi connectivity index (χ0n) is 9.87. The van der Waals surface area contributed by atoms with Crippen molar-refractivity contribution < 1.29 is 10.2 Å². The number of H-pyrrole nitrogens is 1. The first-order valence-corrected chi connectivity index (χ1v) is 5.52. The molecular weight excluding hydrogens is 238 g/mol. The van der Waals surface area contributed by atoms with Gasteiger partial charge in [-0.2, -0.15) is 4.98 Å². The van der Waals surface area contributed by atoms with E-state index in [-0.39, 0.29) is 24.0 Å². The van der Waals surface area contributed by atoms with E-state index in [1.165, 1.54) is 6.33 Å². The van der Waals surface area contributed by atoms with E-state index in [4.69, 9.17) is 10.8 Å². The number of hydrogen-bond donors (Lipinski definition) is 4. The number of aromatic nitrogens is 4. The molecule has 2 aromatic rings. The van der Waals surface area contributed by atoms with E-state index < -0.39 is 11.7 Å². The van der Waals surface area contributed by atoms with Crippen molar-refractivity contribution in [3.63, 3.8) is 0 Å². The van der Waals surface area contributed by atoms with Gasteiger partial charge in [0.2, 0.25) is 5.95 Å². The summed E-state index contributed by atoms with van der Waals surface area (Å²) in [4.78, 5) is 21.9. The minimum atomic E-state index is -0.674. The maximum atomic E-state index is 11.6. The Morgan fingerprint density at radius 1 is 1.61 bits per heavy atom. The predicted molar refractivity (Wildman–Crippen MR) is 64.8 cm³/mol. The minimum Gasteiger partial charge on any atom is -0.396 e. The summed E-state index contributed by atoms with van der Waals surface area (Å²) in [5, 5.41) is 18.7. The fourth-order valence-electron chi connectivity index (χ4n) is 1.72. The van der Waals surface area contributed by atoms with Crippen molar-refractivity contribution in [3.8, 4) is 0 Å². The number of aromatic amines is 1. The van der Waals surface area contributed by atoms with Gasteiger partial charge in [0.15, 0.2) is 11.2 Å². The Morgan fingerprint density at radius 2 is 2.33 bits per heavy atom. The lowest BCUT2D eigenvalue weighted by Crippen LogP contribution is -2.25. The van der Waals surface area contributed by atoms with Gasteiger partial charge in [-0.3, -0.25) is 9.78 Å². The number of nitrogen functional groups attached to an aromatic ring is 1. The summed E-state index contributed by atoms with van der Waals surface area (Å²) in [6.07, 6.45) is 0.768. The molecule has 2 atom stereocenters. The summed E-state index contributed by atoms with van der Waals surface area (Å²) in [7, 11) is 0. The van der Waals surface area contributed by atoms with Gasteiger partial charge in [-0.05, 0) is 6.92 Å². The Labute approximate surface area is 102 Å². The van der Waals surface area contributed by atoms with Crippen LogP contribution in [0.3, 0.4) is 0 Å². The lowest BCUT2D eigenvalue weighted by Gasteiger charge is -2.17. The first-order chi connectivity index (χ1) is 8.52. The number of imidazole rings is 1. The first kappa shape index (κ1) is 12.5. The van der Waals surface area contributed by atoms with Gasteiger partial charge in [0, 0.05) is 12.5 Å². The van der Waals surface area contributed by atoms with Crippen LogP contribution < -0.4 is 11.3 Å². The molecule has 0 radical (unpaired) electrons. The molecule has 0 aliphatic rings. The third-order valence-corrected chi connectivity index (χ3v) is 2.84. The van der Waals surface area contributed by atoms with E-state index in [1.807, 2.05) is 0 Å². The highest BCUT2D eigenvalue weighted by Crippen LogP contribution is 2.12. The predicted octanol–water partition coefficient (Wildman–Crippen LogP) is -1.31. The summed E-state index contributed by atoms with van der Waals surface area (Å²) in [6, 6.07) is 0. The third kappa shape index (κ3) is 2.20. The van der Waals surface area contributed by atoms with Crippen molar-refractivity contribution in [1.29, 1.82) is 0 Å². The number of nitrogens with one attached hydrogen (secondary N) is 1. The van der Waals surface area contributed by atoms with E-state index in [0.717, 1.165) is 0 Å². The first-order valence-electron chi connectivity index (χ1n) is 5.52. The SMILES string of the molecule is C[C@@H](O)[C@H](CO)Cn1cnc2c(=O)[nH]c(N)nc21. The quantitative estimate of drug-likeness (QED) is 0.535. The topological polar surface area (TPSA) is 130 Å². The molecule has 0 unspecified atom stereocenters. The molecule has 2 aromatic heterocycles. The van der Waals surface area contributed by atoms with Crippen LogP contribution in [-0.4, -0.2) is 42.4 Å². The van der Waals surface area contributed by atoms with Crippen LogP contribution in [0.25, 0.3) is 11.2 Å². The maximum absolute atomic E-state index is 11.6. The summed E-state index contributed by atoms with van der Waals surface area (Å²) in [6.45, 7) is 1.73. The van der Waals surface area contributed by atoms with Crippen LogP contribution >= 0.6 is 0 Å². The van der Waals surface area contributed by atoms with Crippen LogP contribution in [0.1, 0.15) is 6.92 Å². The number of aliphatic hydroxyl groups excluding tert-OH is 2. The maximum Gasteiger partial charge on any atom is 0.280 e. The van der Waals surface area contributed by atoms with Crippen LogP contribution in [0.4, 0.5) is 5.95 Å². The molecule has 0 bridgehead atoms. The van der Waals surface area contributed by atoms with Crippen LogP contribution in [0.5, 0.6) is 0 Å². The number of aliphatic hydroxyl groups is 2. The monoisotopic (exact) mass is 253 g/mol. The molecule has 5 N–H and O–H groups in total. The molecule has 0 spiro atoms. The molecule has 0 saturated heterocycles. The van der Waals surface area contributed by atoms with Crippen molar-refractivity contribution >= 4 is 17.1 Å². The highest BCUT2D eigenvalue weighted by molar-refractivity contribution is 5.70. The van der Waals surface area contributed by atoms with Gasteiger partial charge in [-0.15, -0.1) is 0 Å². The van der Waals surface area contributed by atoms with Crippen molar-refractivity contribution in [2.75, 3.05) is 12.3 Å². The van der Waals surface area contributed by atoms with E-state index in [9.17, 15) is 9.90 Å². The summed E-state index contributed by atoms with van der Waals surface area (Å²) < 4.78 is 1.59. The van der Waals surface area contributed by atoms with E-state index in [0.29, 0.717) is 12.2 Å². The molecule has 2 rings (SSSR count). The summed E-state index contributed by atoms with van der Waals surface area (Å²) >= 11 is 0. The number of nitrogens with two attached hydrogens (primary N) is 1. The smallest absolute Gasteiger partial charge is 0.280 e. The molecule has 18 heavy (non-hydrogen) atoms. The summed E-state index contributed by atoms with van der Waals surface area (Å²) in [5.41, 5.74) is 5.59. The second-order valence-electron chi connectivity index (χ2n) is 4.20. The van der Waals surface area contributed by atoms with E-state index in [2.05, 4.69) is 15.0 Å². The fraction of sp³-hybridized carbons (Fsp3) is 0.500. The molecule has 0 aliphatic carbocycles. The molecular formula is C10H15N5O3. The zero-order valence-corrected chi connectivity index (χ0v) is 9.87. The Balaban J connectivity index is 2.43. The Kier molecular flexibility index (Phi) is 3.30. The van der Waals surface area contributed by atoms with Gasteiger partial charge in [0.1, 0.15) is 0 Å². The molecule has 0 saturated carbocycles. The average molecular weight is 253 g/mol. The van der Waals surface area contributed by atoms with Gasteiger partial charge < -0.3 is 20.5 Å². The second-order valence-corrected chi connectivity index (χ2v) is 4.20. The van der Waals surface area contributed by atoms with Crippen molar-refractivity contribution in [3.05, 3.63) is 16.7 Å². The van der Waals surface area contributed by atoms with Crippen LogP contribution in [0.2, 0.25) is 0 Å². The molecule has 98 valence electrons. The zero-order chi connectivity index (χ0) is 13.3. The lowest BCUT2D eigenvalue weighted by atomic mass is 10.1. The van der Waals surface area contributed by atoms with Gasteiger partial charge in [0.25, 0.3) is 5.56 Å². The highest BCUT2D eigenvalue weighted by atomic mass is 16.3. The van der Waals surface area contributed by atoms with Crippen LogP contribution in [0.15, 0.2) is 11.1 Å². The molecule has 8 nitrogen and oxygen atoms in total. The van der Waals surface area contributed by atoms with Crippen molar-refractivity contribution in [2.24, 2.45) is 5.92 Å². The number of hydrogen-bond acceptors (Lipinski definition) is 6. The van der Waals surface area contributed by atoms with Crippen molar-refractivity contribution in [1.82, 2.24) is 19.5 Å². The number of nitrogens with zero attached hydrogens (tertiary/aromatic N) is 3. The minimum absolute atomic E-state index is 0.00634. The molecule has 2 heterocycles. The standard InChI is InChI=1S/C10H15N5O3/c1-5(17)6(3-16)2-15-4-12-7-8(15)13-10(11)14-9(7)18/h4-6,16-17H,2-3H2,1H3,(H3,11,13,14,18)/t5-,6+/m1/s1. The van der Waals surface area contributed by atoms with Gasteiger partial charge in [-0.1, -0.05) is 0 Å². The number of anilines is 1. The lowest BCUT2D eigenvalue weighted by molar-refractivity contribution is 0.0711. The Morgan fingerprint density at radius 3 is 2.94 bits per heavy atom. The van der Waals surface area contributed by atoms with Gasteiger partial charge in [-0.25, -0.2) is 4.98 Å². The highest BCUT2D eigenvalue weighted by Gasteiger charge is 2.17. The Bertz CT molecular complexity index is 603. The van der Waals surface area contributed by atoms with Crippen LogP contribution in [-0.2, 0) is 6.54 Å². The molecule has 8 heteroatoms. The average Bonchev–Trinajstić information content (AvgIpc) is 2.68. The normalized spacial score (nSPS) is 14.8. The van der Waals surface area contributed by atoms with Crippen LogP contribution in [0, 0.1) is 5.92 Å². The van der Waals surface area contributed by atoms with E-state index >= 15 is 0 Å². The molecule has 0 aromatic carbocycles. The fourth-order valence-corrected chi connectivity index (χ4v) is 1.72. The largest absolute Gasteiger partial charge is 0.396 e.